The minimum Gasteiger partial charge on any atom is -0.373 e. The van der Waals surface area contributed by atoms with E-state index in [1.807, 2.05) is 0 Å². The molecule has 1 aliphatic rings. The zero-order chi connectivity index (χ0) is 11.5. The number of likely N-dealkylation sites (N-methyl/N-ethyl adjacent to an activating group) is 1. The molecule has 2 nitrogen and oxygen atoms in total. The highest BCUT2D eigenvalue weighted by molar-refractivity contribution is 5.53. The van der Waals surface area contributed by atoms with Crippen LogP contribution in [-0.4, -0.2) is 26.2 Å². The lowest BCUT2D eigenvalue weighted by Gasteiger charge is -2.25. The fourth-order valence-corrected chi connectivity index (χ4v) is 2.58. The largest absolute Gasteiger partial charge is 0.373 e. The van der Waals surface area contributed by atoms with Crippen molar-refractivity contribution in [3.05, 3.63) is 29.3 Å². The number of nitrogens with zero attached hydrogens (tertiary/aromatic N) is 1. The van der Waals surface area contributed by atoms with Crippen LogP contribution >= 0.6 is 0 Å². The van der Waals surface area contributed by atoms with Crippen LogP contribution in [0.1, 0.15) is 24.0 Å². The van der Waals surface area contributed by atoms with E-state index in [0.717, 1.165) is 6.54 Å². The second-order valence-corrected chi connectivity index (χ2v) is 4.96. The van der Waals surface area contributed by atoms with Crippen LogP contribution in [0.15, 0.2) is 18.2 Å². The molecule has 1 heterocycles. The van der Waals surface area contributed by atoms with Gasteiger partial charge >= 0.3 is 0 Å². The van der Waals surface area contributed by atoms with E-state index in [2.05, 4.69) is 49.3 Å². The van der Waals surface area contributed by atoms with Gasteiger partial charge in [-0.05, 0) is 44.9 Å². The molecule has 0 radical (unpaired) electrons. The zero-order valence-corrected chi connectivity index (χ0v) is 10.6. The van der Waals surface area contributed by atoms with Gasteiger partial charge in [0.15, 0.2) is 0 Å². The Hall–Kier alpha value is -1.02. The predicted molar refractivity (Wildman–Crippen MR) is 70.2 cm³/mol. The topological polar surface area (TPSA) is 15.3 Å². The molecule has 0 bridgehead atoms. The molecule has 1 aromatic carbocycles. The molecule has 2 heteroatoms. The number of aryl methyl sites for hydroxylation is 2. The van der Waals surface area contributed by atoms with Crippen molar-refractivity contribution in [1.29, 1.82) is 0 Å². The molecular weight excluding hydrogens is 196 g/mol. The van der Waals surface area contributed by atoms with Gasteiger partial charge in [0.2, 0.25) is 0 Å². The molecule has 0 spiro atoms. The van der Waals surface area contributed by atoms with Gasteiger partial charge in [-0.3, -0.25) is 0 Å². The van der Waals surface area contributed by atoms with Crippen molar-refractivity contribution in [2.45, 2.75) is 32.7 Å². The van der Waals surface area contributed by atoms with Gasteiger partial charge in [-0.25, -0.2) is 0 Å². The standard InChI is InChI=1S/C14H22N2/c1-11-6-7-14(12(2)9-11)16(3)10-13-5-4-8-15-13/h6-7,9,13,15H,4-5,8,10H2,1-3H3/t13-/m0/s1. The number of rotatable bonds is 3. The Bertz CT molecular complexity index is 354. The van der Waals surface area contributed by atoms with E-state index in [1.165, 1.54) is 36.2 Å². The predicted octanol–water partition coefficient (Wildman–Crippen LogP) is 2.49. The van der Waals surface area contributed by atoms with Crippen LogP contribution in [0.3, 0.4) is 0 Å². The molecule has 1 aromatic rings. The molecular formula is C14H22N2. The van der Waals surface area contributed by atoms with Crippen LogP contribution in [0.25, 0.3) is 0 Å². The Morgan fingerprint density at radius 3 is 2.81 bits per heavy atom. The van der Waals surface area contributed by atoms with Gasteiger partial charge in [0, 0.05) is 25.3 Å². The van der Waals surface area contributed by atoms with Crippen molar-refractivity contribution < 1.29 is 0 Å². The number of anilines is 1. The normalized spacial score (nSPS) is 20.1. The minimum atomic E-state index is 0.672. The Morgan fingerprint density at radius 2 is 2.19 bits per heavy atom. The van der Waals surface area contributed by atoms with Crippen LogP contribution in [0.4, 0.5) is 5.69 Å². The van der Waals surface area contributed by atoms with Crippen LogP contribution < -0.4 is 10.2 Å². The van der Waals surface area contributed by atoms with Gasteiger partial charge in [-0.15, -0.1) is 0 Å². The van der Waals surface area contributed by atoms with Gasteiger partial charge in [-0.2, -0.15) is 0 Å². The number of nitrogens with one attached hydrogen (secondary N) is 1. The van der Waals surface area contributed by atoms with Crippen molar-refractivity contribution in [2.24, 2.45) is 0 Å². The molecule has 0 aromatic heterocycles. The maximum atomic E-state index is 3.55. The second kappa shape index (κ2) is 4.88. The molecule has 1 aliphatic heterocycles. The maximum Gasteiger partial charge on any atom is 0.0394 e. The summed E-state index contributed by atoms with van der Waals surface area (Å²) >= 11 is 0. The van der Waals surface area contributed by atoms with E-state index < -0.39 is 0 Å². The highest BCUT2D eigenvalue weighted by Gasteiger charge is 2.16. The summed E-state index contributed by atoms with van der Waals surface area (Å²) in [6, 6.07) is 7.36. The lowest BCUT2D eigenvalue weighted by molar-refractivity contribution is 0.599. The van der Waals surface area contributed by atoms with Gasteiger partial charge < -0.3 is 10.2 Å². The fourth-order valence-electron chi connectivity index (χ4n) is 2.58. The number of hydrogen-bond donors (Lipinski definition) is 1. The van der Waals surface area contributed by atoms with Gasteiger partial charge in [0.25, 0.3) is 0 Å². The van der Waals surface area contributed by atoms with E-state index in [1.54, 1.807) is 0 Å². The Balaban J connectivity index is 2.04. The summed E-state index contributed by atoms with van der Waals surface area (Å²) in [7, 11) is 2.19. The number of benzene rings is 1. The van der Waals surface area contributed by atoms with Crippen molar-refractivity contribution in [1.82, 2.24) is 5.32 Å². The monoisotopic (exact) mass is 218 g/mol. The molecule has 0 aliphatic carbocycles. The van der Waals surface area contributed by atoms with Crippen molar-refractivity contribution >= 4 is 5.69 Å². The second-order valence-electron chi connectivity index (χ2n) is 4.96. The molecule has 88 valence electrons. The first-order chi connectivity index (χ1) is 7.66. The summed E-state index contributed by atoms with van der Waals surface area (Å²) in [5.74, 6) is 0. The summed E-state index contributed by atoms with van der Waals surface area (Å²) in [4.78, 5) is 2.37. The Kier molecular flexibility index (Phi) is 3.49. The first-order valence-corrected chi connectivity index (χ1v) is 6.18. The van der Waals surface area contributed by atoms with E-state index >= 15 is 0 Å². The van der Waals surface area contributed by atoms with Crippen LogP contribution in [0, 0.1) is 13.8 Å². The highest BCUT2D eigenvalue weighted by atomic mass is 15.1. The summed E-state index contributed by atoms with van der Waals surface area (Å²) < 4.78 is 0. The molecule has 1 N–H and O–H groups in total. The minimum absolute atomic E-state index is 0.672. The first-order valence-electron chi connectivity index (χ1n) is 6.18. The Labute approximate surface area is 98.7 Å². The summed E-state index contributed by atoms with van der Waals surface area (Å²) in [6.45, 7) is 6.64. The van der Waals surface area contributed by atoms with Crippen molar-refractivity contribution in [2.75, 3.05) is 25.0 Å². The smallest absolute Gasteiger partial charge is 0.0394 e. The van der Waals surface area contributed by atoms with Crippen LogP contribution in [-0.2, 0) is 0 Å². The Morgan fingerprint density at radius 1 is 1.38 bits per heavy atom. The zero-order valence-electron chi connectivity index (χ0n) is 10.6. The molecule has 0 unspecified atom stereocenters. The third kappa shape index (κ3) is 2.56. The first kappa shape index (κ1) is 11.5. The van der Waals surface area contributed by atoms with Crippen LogP contribution in [0.5, 0.6) is 0 Å². The quantitative estimate of drug-likeness (QED) is 0.838. The molecule has 1 saturated heterocycles. The van der Waals surface area contributed by atoms with Gasteiger partial charge in [-0.1, -0.05) is 17.7 Å². The lowest BCUT2D eigenvalue weighted by atomic mass is 10.1. The van der Waals surface area contributed by atoms with Gasteiger partial charge in [0.1, 0.15) is 0 Å². The molecule has 1 atom stereocenters. The number of hydrogen-bond acceptors (Lipinski definition) is 2. The maximum absolute atomic E-state index is 3.55. The van der Waals surface area contributed by atoms with E-state index in [9.17, 15) is 0 Å². The van der Waals surface area contributed by atoms with E-state index in [4.69, 9.17) is 0 Å². The van der Waals surface area contributed by atoms with E-state index in [0.29, 0.717) is 6.04 Å². The molecule has 1 fully saturated rings. The van der Waals surface area contributed by atoms with Crippen molar-refractivity contribution in [3.63, 3.8) is 0 Å². The SMILES string of the molecule is Cc1ccc(N(C)C[C@@H]2CCCN2)c(C)c1. The van der Waals surface area contributed by atoms with Crippen molar-refractivity contribution in [3.8, 4) is 0 Å². The van der Waals surface area contributed by atoms with Gasteiger partial charge in [0.05, 0.1) is 0 Å². The fraction of sp³-hybridized carbons (Fsp3) is 0.571. The van der Waals surface area contributed by atoms with Crippen LogP contribution in [0.2, 0.25) is 0 Å². The third-order valence-corrected chi connectivity index (χ3v) is 3.42. The van der Waals surface area contributed by atoms with E-state index in [-0.39, 0.29) is 0 Å². The molecule has 16 heavy (non-hydrogen) atoms. The summed E-state index contributed by atoms with van der Waals surface area (Å²) in [5, 5.41) is 3.55. The highest BCUT2D eigenvalue weighted by Crippen LogP contribution is 2.21. The average molecular weight is 218 g/mol. The molecule has 0 amide bonds. The summed E-state index contributed by atoms with van der Waals surface area (Å²) in [6.07, 6.45) is 2.64. The third-order valence-electron chi connectivity index (χ3n) is 3.42. The molecule has 2 rings (SSSR count). The summed E-state index contributed by atoms with van der Waals surface area (Å²) in [5.41, 5.74) is 4.08. The lowest BCUT2D eigenvalue weighted by Crippen LogP contribution is -2.35. The average Bonchev–Trinajstić information content (AvgIpc) is 2.70. The molecule has 0 saturated carbocycles.